The van der Waals surface area contributed by atoms with Crippen molar-refractivity contribution in [2.24, 2.45) is 5.92 Å². The minimum absolute atomic E-state index is 0.0175. The first-order valence-electron chi connectivity index (χ1n) is 11.1. The van der Waals surface area contributed by atoms with E-state index in [2.05, 4.69) is 34.9 Å². The van der Waals surface area contributed by atoms with Crippen molar-refractivity contribution in [3.8, 4) is 11.1 Å². The van der Waals surface area contributed by atoms with Crippen LogP contribution in [0, 0.1) is 5.92 Å². The van der Waals surface area contributed by atoms with Gasteiger partial charge in [-0.2, -0.15) is 0 Å². The minimum Gasteiger partial charge on any atom is -0.480 e. The predicted molar refractivity (Wildman–Crippen MR) is 123 cm³/mol. The van der Waals surface area contributed by atoms with Gasteiger partial charge in [0.25, 0.3) is 0 Å². The summed E-state index contributed by atoms with van der Waals surface area (Å²) in [7, 11) is 0. The van der Waals surface area contributed by atoms with Crippen molar-refractivity contribution in [1.29, 1.82) is 0 Å². The number of amides is 2. The van der Waals surface area contributed by atoms with Crippen LogP contribution in [-0.2, 0) is 19.1 Å². The fourth-order valence-corrected chi connectivity index (χ4v) is 3.97. The van der Waals surface area contributed by atoms with Crippen molar-refractivity contribution >= 4 is 18.0 Å². The van der Waals surface area contributed by atoms with Crippen LogP contribution in [-0.4, -0.2) is 55.5 Å². The number of carbonyl (C=O) groups is 3. The van der Waals surface area contributed by atoms with Gasteiger partial charge in [-0.15, -0.1) is 0 Å². The average molecular weight is 455 g/mol. The first kappa shape index (κ1) is 24.3. The number of ether oxygens (including phenoxy) is 2. The van der Waals surface area contributed by atoms with Crippen LogP contribution in [0.3, 0.4) is 0 Å². The van der Waals surface area contributed by atoms with Gasteiger partial charge in [-0.1, -0.05) is 62.4 Å². The lowest BCUT2D eigenvalue weighted by Crippen LogP contribution is -2.43. The molecule has 1 aliphatic carbocycles. The highest BCUT2D eigenvalue weighted by molar-refractivity contribution is 5.84. The van der Waals surface area contributed by atoms with E-state index in [1.807, 2.05) is 38.1 Å². The van der Waals surface area contributed by atoms with Crippen molar-refractivity contribution < 1.29 is 29.0 Å². The van der Waals surface area contributed by atoms with Gasteiger partial charge in [-0.05, 0) is 34.6 Å². The van der Waals surface area contributed by atoms with Gasteiger partial charge >= 0.3 is 12.1 Å². The molecule has 0 aliphatic heterocycles. The van der Waals surface area contributed by atoms with Gasteiger partial charge in [-0.3, -0.25) is 4.79 Å². The molecule has 33 heavy (non-hydrogen) atoms. The maximum Gasteiger partial charge on any atom is 0.407 e. The molecule has 0 fully saturated rings. The molecule has 0 heterocycles. The molecule has 0 radical (unpaired) electrons. The SMILES string of the molecule is CC(C)C[C@@H](NC(=O)COCCNC(=O)OCC1c2ccccc2-c2ccccc21)C(=O)O. The van der Waals surface area contributed by atoms with Crippen molar-refractivity contribution in [2.75, 3.05) is 26.4 Å². The summed E-state index contributed by atoms with van der Waals surface area (Å²) in [6, 6.07) is 15.3. The molecule has 0 bridgehead atoms. The zero-order chi connectivity index (χ0) is 23.8. The Kier molecular flexibility index (Phi) is 8.43. The predicted octanol–water partition coefficient (Wildman–Crippen LogP) is 3.16. The second kappa shape index (κ2) is 11.5. The Labute approximate surface area is 193 Å². The van der Waals surface area contributed by atoms with E-state index in [1.165, 1.54) is 0 Å². The number of carbonyl (C=O) groups excluding carboxylic acids is 2. The number of benzene rings is 2. The first-order chi connectivity index (χ1) is 15.9. The van der Waals surface area contributed by atoms with Gasteiger partial charge in [0.2, 0.25) is 5.91 Å². The summed E-state index contributed by atoms with van der Waals surface area (Å²) in [6.45, 7) is 3.96. The second-order valence-electron chi connectivity index (χ2n) is 8.39. The van der Waals surface area contributed by atoms with Gasteiger partial charge in [0.05, 0.1) is 6.61 Å². The summed E-state index contributed by atoms with van der Waals surface area (Å²) in [4.78, 5) is 35.2. The quantitative estimate of drug-likeness (QED) is 0.450. The fourth-order valence-electron chi connectivity index (χ4n) is 3.97. The van der Waals surface area contributed by atoms with E-state index < -0.39 is 24.0 Å². The van der Waals surface area contributed by atoms with Gasteiger partial charge in [0.15, 0.2) is 0 Å². The molecule has 1 aliphatic rings. The van der Waals surface area contributed by atoms with Crippen LogP contribution in [0.15, 0.2) is 48.5 Å². The first-order valence-corrected chi connectivity index (χ1v) is 11.1. The lowest BCUT2D eigenvalue weighted by molar-refractivity contribution is -0.143. The van der Waals surface area contributed by atoms with E-state index >= 15 is 0 Å². The summed E-state index contributed by atoms with van der Waals surface area (Å²) in [5.41, 5.74) is 4.59. The van der Waals surface area contributed by atoms with Crippen LogP contribution in [0.1, 0.15) is 37.3 Å². The molecule has 8 nitrogen and oxygen atoms in total. The number of hydrogen-bond donors (Lipinski definition) is 3. The Balaban J connectivity index is 1.37. The molecule has 2 amide bonds. The molecule has 1 atom stereocenters. The zero-order valence-electron chi connectivity index (χ0n) is 18.9. The molecule has 2 aromatic rings. The molecule has 2 aromatic carbocycles. The number of alkyl carbamates (subject to hydrolysis) is 1. The van der Waals surface area contributed by atoms with Crippen molar-refractivity contribution in [3.63, 3.8) is 0 Å². The smallest absolute Gasteiger partial charge is 0.407 e. The molecule has 8 heteroatoms. The number of carboxylic acids is 1. The molecule has 0 saturated carbocycles. The molecule has 0 aromatic heterocycles. The lowest BCUT2D eigenvalue weighted by atomic mass is 9.98. The van der Waals surface area contributed by atoms with Crippen LogP contribution in [0.4, 0.5) is 4.79 Å². The zero-order valence-corrected chi connectivity index (χ0v) is 18.9. The molecule has 0 saturated heterocycles. The second-order valence-corrected chi connectivity index (χ2v) is 8.39. The number of carboxylic acid groups (broad SMARTS) is 1. The topological polar surface area (TPSA) is 114 Å². The number of aliphatic carboxylic acids is 1. The molecular formula is C25H30N2O6. The van der Waals surface area contributed by atoms with E-state index in [-0.39, 0.29) is 38.2 Å². The van der Waals surface area contributed by atoms with Gasteiger partial charge in [0, 0.05) is 12.5 Å². The number of nitrogens with one attached hydrogen (secondary N) is 2. The van der Waals surface area contributed by atoms with E-state index in [9.17, 15) is 14.4 Å². The molecule has 3 N–H and O–H groups in total. The molecule has 0 spiro atoms. The standard InChI is InChI=1S/C25H30N2O6/c1-16(2)13-22(24(29)30)27-23(28)15-32-12-11-26-25(31)33-14-21-19-9-5-3-7-17(19)18-8-4-6-10-20(18)21/h3-10,16,21-22H,11-15H2,1-2H3,(H,26,31)(H,27,28)(H,29,30)/t22-/m1/s1. The maximum absolute atomic E-state index is 12.1. The highest BCUT2D eigenvalue weighted by Crippen LogP contribution is 2.44. The Morgan fingerprint density at radius 1 is 1.00 bits per heavy atom. The van der Waals surface area contributed by atoms with E-state index in [4.69, 9.17) is 14.6 Å². The fraction of sp³-hybridized carbons (Fsp3) is 0.400. The van der Waals surface area contributed by atoms with E-state index in [1.54, 1.807) is 0 Å². The number of hydrogen-bond acceptors (Lipinski definition) is 5. The van der Waals surface area contributed by atoms with Crippen LogP contribution in [0.25, 0.3) is 11.1 Å². The maximum atomic E-state index is 12.1. The molecule has 0 unspecified atom stereocenters. The summed E-state index contributed by atoms with van der Waals surface area (Å²) in [6.07, 6.45) is -0.225. The lowest BCUT2D eigenvalue weighted by Gasteiger charge is -2.16. The number of rotatable bonds is 11. The highest BCUT2D eigenvalue weighted by Gasteiger charge is 2.29. The summed E-state index contributed by atoms with van der Waals surface area (Å²) in [5.74, 6) is -1.47. The third-order valence-corrected chi connectivity index (χ3v) is 5.43. The Morgan fingerprint density at radius 3 is 2.18 bits per heavy atom. The summed E-state index contributed by atoms with van der Waals surface area (Å²) >= 11 is 0. The molecule has 3 rings (SSSR count). The highest BCUT2D eigenvalue weighted by atomic mass is 16.5. The summed E-state index contributed by atoms with van der Waals surface area (Å²) < 4.78 is 10.7. The van der Waals surface area contributed by atoms with Crippen molar-refractivity contribution in [3.05, 3.63) is 59.7 Å². The van der Waals surface area contributed by atoms with E-state index in [0.717, 1.165) is 22.3 Å². The van der Waals surface area contributed by atoms with Gasteiger partial charge in [0.1, 0.15) is 19.3 Å². The third kappa shape index (κ3) is 6.55. The van der Waals surface area contributed by atoms with E-state index in [0.29, 0.717) is 6.42 Å². The van der Waals surface area contributed by atoms with Crippen molar-refractivity contribution in [1.82, 2.24) is 10.6 Å². The van der Waals surface area contributed by atoms with Crippen molar-refractivity contribution in [2.45, 2.75) is 32.2 Å². The molecule has 176 valence electrons. The third-order valence-electron chi connectivity index (χ3n) is 5.43. The van der Waals surface area contributed by atoms with Gasteiger partial charge in [-0.25, -0.2) is 9.59 Å². The minimum atomic E-state index is -1.08. The van der Waals surface area contributed by atoms with Crippen LogP contribution >= 0.6 is 0 Å². The average Bonchev–Trinajstić information content (AvgIpc) is 3.10. The van der Waals surface area contributed by atoms with Crippen LogP contribution in [0.2, 0.25) is 0 Å². The van der Waals surface area contributed by atoms with Gasteiger partial charge < -0.3 is 25.2 Å². The Morgan fingerprint density at radius 2 is 1.61 bits per heavy atom. The normalized spacial score (nSPS) is 13.2. The summed E-state index contributed by atoms with van der Waals surface area (Å²) in [5, 5.41) is 14.2. The Bertz CT molecular complexity index is 945. The van der Waals surface area contributed by atoms with Crippen LogP contribution < -0.4 is 10.6 Å². The largest absolute Gasteiger partial charge is 0.480 e. The number of fused-ring (bicyclic) bond motifs is 3. The molecular weight excluding hydrogens is 424 g/mol. The van der Waals surface area contributed by atoms with Crippen LogP contribution in [0.5, 0.6) is 0 Å². The Hall–Kier alpha value is -3.39. The monoisotopic (exact) mass is 454 g/mol.